The number of nitrogens with zero attached hydrogens (tertiary/aromatic N) is 4. The molecule has 1 aromatic rings. The van der Waals surface area contributed by atoms with E-state index in [1.807, 2.05) is 6.92 Å². The van der Waals surface area contributed by atoms with Gasteiger partial charge in [-0.1, -0.05) is 0 Å². The van der Waals surface area contributed by atoms with Crippen LogP contribution in [0.4, 0.5) is 5.82 Å². The van der Waals surface area contributed by atoms with Crippen LogP contribution in [-0.2, 0) is 11.3 Å². The molecule has 1 fully saturated rings. The van der Waals surface area contributed by atoms with E-state index in [1.165, 1.54) is 16.9 Å². The van der Waals surface area contributed by atoms with Gasteiger partial charge in [0.2, 0.25) is 5.91 Å². The number of nitro groups is 1. The number of hydrogen-bond donors (Lipinski definition) is 1. The number of hydrogen-bond acceptors (Lipinski definition) is 5. The zero-order chi connectivity index (χ0) is 13.1. The fourth-order valence-electron chi connectivity index (χ4n) is 1.98. The van der Waals surface area contributed by atoms with E-state index in [9.17, 15) is 14.9 Å². The van der Waals surface area contributed by atoms with Gasteiger partial charge in [-0.2, -0.15) is 4.68 Å². The zero-order valence-electron chi connectivity index (χ0n) is 10.1. The summed E-state index contributed by atoms with van der Waals surface area (Å²) in [5, 5.41) is 17.4. The average molecular weight is 253 g/mol. The van der Waals surface area contributed by atoms with Crippen LogP contribution in [-0.4, -0.2) is 51.2 Å². The molecule has 1 amide bonds. The Morgan fingerprint density at radius 3 is 3.11 bits per heavy atom. The minimum atomic E-state index is -0.575. The van der Waals surface area contributed by atoms with Crippen molar-refractivity contribution in [1.29, 1.82) is 0 Å². The first-order valence-corrected chi connectivity index (χ1v) is 5.76. The highest BCUT2D eigenvalue weighted by Crippen LogP contribution is 2.07. The van der Waals surface area contributed by atoms with E-state index in [1.54, 1.807) is 4.90 Å². The van der Waals surface area contributed by atoms with Gasteiger partial charge in [0.05, 0.1) is 17.4 Å². The Labute approximate surface area is 104 Å². The van der Waals surface area contributed by atoms with E-state index in [-0.39, 0.29) is 24.3 Å². The lowest BCUT2D eigenvalue weighted by Gasteiger charge is -2.33. The molecule has 0 spiro atoms. The molecule has 0 saturated carbocycles. The van der Waals surface area contributed by atoms with Gasteiger partial charge in [0.25, 0.3) is 0 Å². The normalized spacial score (nSPS) is 19.8. The summed E-state index contributed by atoms with van der Waals surface area (Å²) < 4.78 is 1.30. The Morgan fingerprint density at radius 2 is 2.50 bits per heavy atom. The van der Waals surface area contributed by atoms with Crippen molar-refractivity contribution in [2.75, 3.05) is 19.6 Å². The standard InChI is InChI=1S/C10H15N5O3/c1-8-6-11-3-5-14(8)10(16)7-13-4-2-9(12-13)15(17)18/h2,4,8,11H,3,5-7H2,1H3. The summed E-state index contributed by atoms with van der Waals surface area (Å²) in [6.45, 7) is 4.21. The molecule has 1 N–H and O–H groups in total. The lowest BCUT2D eigenvalue weighted by molar-refractivity contribution is -0.389. The summed E-state index contributed by atoms with van der Waals surface area (Å²) in [6.07, 6.45) is 1.45. The Bertz CT molecular complexity index is 458. The highest BCUT2D eigenvalue weighted by atomic mass is 16.6. The van der Waals surface area contributed by atoms with Crippen LogP contribution in [0.3, 0.4) is 0 Å². The predicted molar refractivity (Wildman–Crippen MR) is 62.9 cm³/mol. The SMILES string of the molecule is CC1CNCCN1C(=O)Cn1ccc([N+](=O)[O-])n1. The average Bonchev–Trinajstić information content (AvgIpc) is 2.78. The number of carbonyl (C=O) groups excluding carboxylic acids is 1. The van der Waals surface area contributed by atoms with Crippen LogP contribution in [0.1, 0.15) is 6.92 Å². The Hall–Kier alpha value is -1.96. The summed E-state index contributed by atoms with van der Waals surface area (Å²) in [6, 6.07) is 1.42. The third kappa shape index (κ3) is 2.65. The summed E-state index contributed by atoms with van der Waals surface area (Å²) in [7, 11) is 0. The first kappa shape index (κ1) is 12.5. The van der Waals surface area contributed by atoms with Crippen molar-refractivity contribution >= 4 is 11.7 Å². The van der Waals surface area contributed by atoms with Crippen molar-refractivity contribution in [3.8, 4) is 0 Å². The Kier molecular flexibility index (Phi) is 3.56. The number of carbonyl (C=O) groups is 1. The largest absolute Gasteiger partial charge is 0.389 e. The molecule has 2 heterocycles. The maximum Gasteiger partial charge on any atom is 0.389 e. The summed E-state index contributed by atoms with van der Waals surface area (Å²) in [5.41, 5.74) is 0. The molecule has 0 radical (unpaired) electrons. The van der Waals surface area contributed by atoms with Crippen molar-refractivity contribution in [3.05, 3.63) is 22.4 Å². The molecule has 1 unspecified atom stereocenters. The number of rotatable bonds is 3. The van der Waals surface area contributed by atoms with Crippen LogP contribution in [0.5, 0.6) is 0 Å². The molecule has 0 aromatic carbocycles. The summed E-state index contributed by atoms with van der Waals surface area (Å²) in [5.74, 6) is -0.307. The van der Waals surface area contributed by atoms with Crippen molar-refractivity contribution in [1.82, 2.24) is 20.0 Å². The second-order valence-corrected chi connectivity index (χ2v) is 4.27. The van der Waals surface area contributed by atoms with Gasteiger partial charge < -0.3 is 20.3 Å². The first-order valence-electron chi connectivity index (χ1n) is 5.76. The molecule has 98 valence electrons. The van der Waals surface area contributed by atoms with Gasteiger partial charge >= 0.3 is 5.82 Å². The van der Waals surface area contributed by atoms with Crippen LogP contribution in [0.2, 0.25) is 0 Å². The number of piperazine rings is 1. The zero-order valence-corrected chi connectivity index (χ0v) is 10.1. The number of nitrogens with one attached hydrogen (secondary N) is 1. The lowest BCUT2D eigenvalue weighted by atomic mass is 10.2. The molecule has 0 aliphatic carbocycles. The molecule has 1 atom stereocenters. The van der Waals surface area contributed by atoms with Gasteiger partial charge in [-0.25, -0.2) is 0 Å². The molecule has 8 heteroatoms. The first-order chi connectivity index (χ1) is 8.58. The minimum Gasteiger partial charge on any atom is -0.358 e. The second kappa shape index (κ2) is 5.13. The Morgan fingerprint density at radius 1 is 1.72 bits per heavy atom. The highest BCUT2D eigenvalue weighted by Gasteiger charge is 2.24. The van der Waals surface area contributed by atoms with Gasteiger partial charge in [-0.05, 0) is 11.8 Å². The van der Waals surface area contributed by atoms with Crippen LogP contribution in [0.25, 0.3) is 0 Å². The van der Waals surface area contributed by atoms with Crippen LogP contribution < -0.4 is 5.32 Å². The molecular formula is C10H15N5O3. The predicted octanol–water partition coefficient (Wildman–Crippen LogP) is -0.388. The molecular weight excluding hydrogens is 238 g/mol. The molecule has 8 nitrogen and oxygen atoms in total. The van der Waals surface area contributed by atoms with Gasteiger partial charge in [0.15, 0.2) is 0 Å². The van der Waals surface area contributed by atoms with Crippen molar-refractivity contribution in [3.63, 3.8) is 0 Å². The lowest BCUT2D eigenvalue weighted by Crippen LogP contribution is -2.53. The van der Waals surface area contributed by atoms with Crippen molar-refractivity contribution in [2.24, 2.45) is 0 Å². The smallest absolute Gasteiger partial charge is 0.358 e. The maximum absolute atomic E-state index is 12.0. The molecule has 2 rings (SSSR count). The number of aromatic nitrogens is 2. The quantitative estimate of drug-likeness (QED) is 0.585. The van der Waals surface area contributed by atoms with Crippen molar-refractivity contribution < 1.29 is 9.72 Å². The van der Waals surface area contributed by atoms with Crippen LogP contribution in [0, 0.1) is 10.1 Å². The molecule has 0 bridgehead atoms. The minimum absolute atomic E-state index is 0.0399. The monoisotopic (exact) mass is 253 g/mol. The third-order valence-corrected chi connectivity index (χ3v) is 2.93. The van der Waals surface area contributed by atoms with Crippen LogP contribution >= 0.6 is 0 Å². The topological polar surface area (TPSA) is 93.3 Å². The van der Waals surface area contributed by atoms with Gasteiger partial charge in [-0.3, -0.25) is 4.79 Å². The van der Waals surface area contributed by atoms with E-state index in [2.05, 4.69) is 10.4 Å². The van der Waals surface area contributed by atoms with Gasteiger partial charge in [-0.15, -0.1) is 0 Å². The third-order valence-electron chi connectivity index (χ3n) is 2.93. The second-order valence-electron chi connectivity index (χ2n) is 4.27. The Balaban J connectivity index is 1.99. The summed E-state index contributed by atoms with van der Waals surface area (Å²) >= 11 is 0. The van der Waals surface area contributed by atoms with E-state index in [0.29, 0.717) is 6.54 Å². The molecule has 1 aliphatic heterocycles. The molecule has 1 saturated heterocycles. The van der Waals surface area contributed by atoms with E-state index < -0.39 is 4.92 Å². The van der Waals surface area contributed by atoms with Crippen molar-refractivity contribution in [2.45, 2.75) is 19.5 Å². The van der Waals surface area contributed by atoms with Gasteiger partial charge in [0.1, 0.15) is 6.54 Å². The fourth-order valence-corrected chi connectivity index (χ4v) is 1.98. The fraction of sp³-hybridized carbons (Fsp3) is 0.600. The van der Waals surface area contributed by atoms with E-state index >= 15 is 0 Å². The summed E-state index contributed by atoms with van der Waals surface area (Å²) in [4.78, 5) is 23.7. The maximum atomic E-state index is 12.0. The van der Waals surface area contributed by atoms with E-state index in [4.69, 9.17) is 0 Å². The molecule has 1 aromatic heterocycles. The number of amides is 1. The highest BCUT2D eigenvalue weighted by molar-refractivity contribution is 5.76. The molecule has 1 aliphatic rings. The van der Waals surface area contributed by atoms with Crippen LogP contribution in [0.15, 0.2) is 12.3 Å². The molecule has 18 heavy (non-hydrogen) atoms. The van der Waals surface area contributed by atoms with Gasteiger partial charge in [0, 0.05) is 25.7 Å². The van der Waals surface area contributed by atoms with E-state index in [0.717, 1.165) is 13.1 Å².